The van der Waals surface area contributed by atoms with Crippen LogP contribution in [-0.4, -0.2) is 12.8 Å². The van der Waals surface area contributed by atoms with Gasteiger partial charge in [-0.1, -0.05) is 51.1 Å². The second-order valence-electron chi connectivity index (χ2n) is 3.68. The fourth-order valence-electron chi connectivity index (χ4n) is 1.58. The molecule has 1 rings (SSSR count). The molecule has 1 aromatic carbocycles. The molecule has 1 nitrogen and oxygen atoms in total. The van der Waals surface area contributed by atoms with Crippen LogP contribution in [0.4, 0.5) is 0 Å². The summed E-state index contributed by atoms with van der Waals surface area (Å²) >= 11 is 0. The molecule has 0 aliphatic heterocycles. The van der Waals surface area contributed by atoms with Gasteiger partial charge in [-0.05, 0) is 37.0 Å². The van der Waals surface area contributed by atoms with Gasteiger partial charge in [0.1, 0.15) is 0 Å². The Hall–Kier alpha value is -1.37. The van der Waals surface area contributed by atoms with Crippen molar-refractivity contribution in [2.75, 3.05) is 6.54 Å². The predicted octanol–water partition coefficient (Wildman–Crippen LogP) is 4.77. The first kappa shape index (κ1) is 15.6. The molecule has 1 atom stereocenters. The van der Waals surface area contributed by atoms with E-state index in [1.54, 1.807) is 0 Å². The summed E-state index contributed by atoms with van der Waals surface area (Å²) in [5.74, 6) is 0.453. The highest BCUT2D eigenvalue weighted by atomic mass is 14.7. The van der Waals surface area contributed by atoms with Crippen molar-refractivity contribution >= 4 is 6.21 Å². The third kappa shape index (κ3) is 6.06. The number of benzene rings is 1. The summed E-state index contributed by atoms with van der Waals surface area (Å²) in [5.41, 5.74) is 2.74. The van der Waals surface area contributed by atoms with Gasteiger partial charge in [0.05, 0.1) is 0 Å². The Kier molecular flexibility index (Phi) is 9.04. The van der Waals surface area contributed by atoms with E-state index < -0.39 is 0 Å². The monoisotopic (exact) mass is 231 g/mol. The second kappa shape index (κ2) is 9.83. The van der Waals surface area contributed by atoms with Crippen LogP contribution < -0.4 is 0 Å². The maximum absolute atomic E-state index is 4.15. The molecule has 0 saturated carbocycles. The van der Waals surface area contributed by atoms with E-state index in [0.717, 1.165) is 6.54 Å². The number of hydrogen-bond donors (Lipinski definition) is 0. The zero-order valence-corrected chi connectivity index (χ0v) is 11.8. The Bertz CT molecular complexity index is 350. The van der Waals surface area contributed by atoms with Crippen molar-refractivity contribution in [3.8, 4) is 0 Å². The summed E-state index contributed by atoms with van der Waals surface area (Å²) < 4.78 is 0. The number of allylic oxidation sites excluding steroid dienone is 2. The molecule has 0 spiro atoms. The van der Waals surface area contributed by atoms with Gasteiger partial charge in [-0.25, -0.2) is 0 Å². The number of nitrogens with zero attached hydrogens (tertiary/aromatic N) is 1. The third-order valence-electron chi connectivity index (χ3n) is 2.45. The molecule has 0 heterocycles. The van der Waals surface area contributed by atoms with E-state index in [0.29, 0.717) is 5.92 Å². The van der Waals surface area contributed by atoms with Gasteiger partial charge in [0.2, 0.25) is 0 Å². The van der Waals surface area contributed by atoms with E-state index in [9.17, 15) is 0 Å². The lowest BCUT2D eigenvalue weighted by atomic mass is 9.96. The lowest BCUT2D eigenvalue weighted by Crippen LogP contribution is -1.92. The Balaban J connectivity index is 0.00000121. The molecule has 0 aromatic heterocycles. The molecule has 0 saturated heterocycles. The topological polar surface area (TPSA) is 12.4 Å². The van der Waals surface area contributed by atoms with Gasteiger partial charge in [-0.15, -0.1) is 0 Å². The predicted molar refractivity (Wildman–Crippen MR) is 79.1 cm³/mol. The van der Waals surface area contributed by atoms with Gasteiger partial charge in [0.25, 0.3) is 0 Å². The Morgan fingerprint density at radius 2 is 1.88 bits per heavy atom. The molecule has 17 heavy (non-hydrogen) atoms. The van der Waals surface area contributed by atoms with E-state index in [1.807, 2.05) is 33.1 Å². The molecule has 0 aliphatic carbocycles. The van der Waals surface area contributed by atoms with E-state index in [2.05, 4.69) is 49.2 Å². The van der Waals surface area contributed by atoms with Crippen molar-refractivity contribution in [1.82, 2.24) is 0 Å². The number of rotatable bonds is 4. The van der Waals surface area contributed by atoms with Gasteiger partial charge in [-0.2, -0.15) is 0 Å². The van der Waals surface area contributed by atoms with Crippen LogP contribution in [0.1, 0.15) is 44.7 Å². The minimum absolute atomic E-state index is 0.453. The van der Waals surface area contributed by atoms with Gasteiger partial charge in [-0.3, -0.25) is 4.99 Å². The highest BCUT2D eigenvalue weighted by Crippen LogP contribution is 2.19. The second-order valence-corrected chi connectivity index (χ2v) is 3.68. The van der Waals surface area contributed by atoms with Crippen molar-refractivity contribution in [3.63, 3.8) is 0 Å². The highest BCUT2D eigenvalue weighted by Gasteiger charge is 2.02. The lowest BCUT2D eigenvalue weighted by molar-refractivity contribution is 0.953. The van der Waals surface area contributed by atoms with Crippen LogP contribution in [0, 0.1) is 6.92 Å². The summed E-state index contributed by atoms with van der Waals surface area (Å²) in [6, 6.07) is 8.50. The van der Waals surface area contributed by atoms with Crippen LogP contribution in [0.25, 0.3) is 0 Å². The summed E-state index contributed by atoms with van der Waals surface area (Å²) in [6.45, 7) is 11.2. The summed E-state index contributed by atoms with van der Waals surface area (Å²) in [5, 5.41) is 0. The number of aliphatic imine (C=N–C) groups is 1. The molecule has 0 radical (unpaired) electrons. The van der Waals surface area contributed by atoms with Crippen molar-refractivity contribution in [1.29, 1.82) is 0 Å². The Labute approximate surface area is 106 Å². The quantitative estimate of drug-likeness (QED) is 0.662. The van der Waals surface area contributed by atoms with Gasteiger partial charge in [0, 0.05) is 12.8 Å². The number of hydrogen-bond acceptors (Lipinski definition) is 1. The minimum atomic E-state index is 0.453. The molecule has 1 aromatic rings. The molecule has 1 unspecified atom stereocenters. The van der Waals surface area contributed by atoms with Crippen molar-refractivity contribution in [2.45, 2.75) is 40.5 Å². The van der Waals surface area contributed by atoms with Crippen LogP contribution in [0.15, 0.2) is 41.4 Å². The lowest BCUT2D eigenvalue weighted by Gasteiger charge is -2.09. The first-order valence-corrected chi connectivity index (χ1v) is 6.47. The highest BCUT2D eigenvalue weighted by molar-refractivity contribution is 5.71. The molecular weight excluding hydrogens is 206 g/mol. The van der Waals surface area contributed by atoms with Gasteiger partial charge in [0.15, 0.2) is 0 Å². The molecule has 1 heteroatoms. The largest absolute Gasteiger partial charge is 0.293 e. The molecule has 0 bridgehead atoms. The third-order valence-corrected chi connectivity index (χ3v) is 2.45. The SMILES string of the molecule is CC.CCN=C/C=C\C(C)c1ccccc1C. The molecular formula is C16H25N. The van der Waals surface area contributed by atoms with Crippen LogP contribution in [0.5, 0.6) is 0 Å². The average Bonchev–Trinajstić information content (AvgIpc) is 2.37. The Morgan fingerprint density at radius 1 is 1.24 bits per heavy atom. The number of aryl methyl sites for hydroxylation is 1. The van der Waals surface area contributed by atoms with Crippen molar-refractivity contribution in [3.05, 3.63) is 47.5 Å². The summed E-state index contributed by atoms with van der Waals surface area (Å²) in [4.78, 5) is 4.15. The maximum atomic E-state index is 4.15. The fourth-order valence-corrected chi connectivity index (χ4v) is 1.58. The zero-order chi connectivity index (χ0) is 13.1. The molecule has 0 amide bonds. The van der Waals surface area contributed by atoms with Crippen LogP contribution in [0.2, 0.25) is 0 Å². The first-order valence-electron chi connectivity index (χ1n) is 6.47. The average molecular weight is 231 g/mol. The Morgan fingerprint density at radius 3 is 2.47 bits per heavy atom. The molecule has 0 N–H and O–H groups in total. The molecule has 0 aliphatic rings. The standard InChI is InChI=1S/C14H19N.C2H6/c1-4-15-11-7-9-13(3)14-10-6-5-8-12(14)2;1-2/h5-11,13H,4H2,1-3H3;1-2H3/b9-7-,15-11?;. The van der Waals surface area contributed by atoms with Crippen molar-refractivity contribution in [2.24, 2.45) is 4.99 Å². The summed E-state index contributed by atoms with van der Waals surface area (Å²) in [6.07, 6.45) is 6.08. The van der Waals surface area contributed by atoms with E-state index in [-0.39, 0.29) is 0 Å². The maximum Gasteiger partial charge on any atom is 0.0360 e. The van der Waals surface area contributed by atoms with E-state index in [4.69, 9.17) is 0 Å². The van der Waals surface area contributed by atoms with Gasteiger partial charge < -0.3 is 0 Å². The summed E-state index contributed by atoms with van der Waals surface area (Å²) in [7, 11) is 0. The van der Waals surface area contributed by atoms with Crippen molar-refractivity contribution < 1.29 is 0 Å². The van der Waals surface area contributed by atoms with Crippen LogP contribution >= 0.6 is 0 Å². The first-order chi connectivity index (χ1) is 8.25. The van der Waals surface area contributed by atoms with E-state index >= 15 is 0 Å². The van der Waals surface area contributed by atoms with Crippen LogP contribution in [-0.2, 0) is 0 Å². The van der Waals surface area contributed by atoms with Crippen LogP contribution in [0.3, 0.4) is 0 Å². The molecule has 94 valence electrons. The van der Waals surface area contributed by atoms with Gasteiger partial charge >= 0.3 is 0 Å². The molecule has 0 fully saturated rings. The smallest absolute Gasteiger partial charge is 0.0360 e. The fraction of sp³-hybridized carbons (Fsp3) is 0.438. The normalized spacial score (nSPS) is 12.5. The zero-order valence-electron chi connectivity index (χ0n) is 11.8. The van der Waals surface area contributed by atoms with E-state index in [1.165, 1.54) is 11.1 Å². The minimum Gasteiger partial charge on any atom is -0.293 e.